The molecule has 34 heteroatoms. The minimum Gasteiger partial charge on any atom is -0.396 e. The number of anilines is 3. The number of fused-ring (bicyclic) bond motifs is 4. The SMILES string of the molecule is C.Clc1nc(Cl)c2[nH]cnc2n1.Clc1nc(Cl)c2ncn(CCc3ccccn3)c2n1.Nc1ncc(-c2nc(Cl)nc3c2ncn3CCc2ccccn2)cn1.Nc1ncc(-c2nc(N3CCOCC3)nc3c2ncn3CCc2ccccn2)cn1.OCCc1ccccn1. The summed E-state index contributed by atoms with van der Waals surface area (Å²) in [4.78, 5) is 89.1. The van der Waals surface area contributed by atoms with E-state index in [9.17, 15) is 0 Å². The molecule has 0 atom stereocenters. The second kappa shape index (κ2) is 33.0. The molecule has 6 N–H and O–H groups in total. The number of imidazole rings is 4. The maximum Gasteiger partial charge on any atom is 0.228 e. The Morgan fingerprint density at radius 2 is 0.874 bits per heavy atom. The van der Waals surface area contributed by atoms with Gasteiger partial charge in [0.05, 0.1) is 38.5 Å². The minimum absolute atomic E-state index is 0. The van der Waals surface area contributed by atoms with Gasteiger partial charge in [0.1, 0.15) is 33.5 Å². The number of nitrogen functional groups attached to an aromatic ring is 2. The maximum absolute atomic E-state index is 8.48. The molecule has 0 radical (unpaired) electrons. The number of hydrogen-bond acceptors (Lipinski definition) is 25. The highest BCUT2D eigenvalue weighted by Gasteiger charge is 2.22. The lowest BCUT2D eigenvalue weighted by Crippen LogP contribution is -2.37. The number of aromatic nitrogens is 24. The van der Waals surface area contributed by atoms with E-state index in [4.69, 9.17) is 89.3 Å². The number of H-pyrrole nitrogens is 1. The van der Waals surface area contributed by atoms with Crippen LogP contribution in [0.3, 0.4) is 0 Å². The highest BCUT2D eigenvalue weighted by Crippen LogP contribution is 2.29. The number of aromatic amines is 1. The van der Waals surface area contributed by atoms with Gasteiger partial charge in [-0.05, 0) is 83.3 Å². The number of halogens is 5. The Labute approximate surface area is 566 Å². The second-order valence-electron chi connectivity index (χ2n) is 20.0. The molecule has 1 aliphatic heterocycles. The second-order valence-corrected chi connectivity index (χ2v) is 21.7. The summed E-state index contributed by atoms with van der Waals surface area (Å²) in [6, 6.07) is 23.3. The summed E-state index contributed by atoms with van der Waals surface area (Å²) in [5.74, 6) is 1.07. The van der Waals surface area contributed by atoms with E-state index in [0.717, 1.165) is 66.3 Å². The minimum atomic E-state index is 0. The summed E-state index contributed by atoms with van der Waals surface area (Å²) >= 11 is 29.1. The molecule has 0 aliphatic carbocycles. The lowest BCUT2D eigenvalue weighted by atomic mass is 10.2. The van der Waals surface area contributed by atoms with E-state index in [-0.39, 0.29) is 52.1 Å². The van der Waals surface area contributed by atoms with Gasteiger partial charge in [0.2, 0.25) is 33.7 Å². The predicted octanol–water partition coefficient (Wildman–Crippen LogP) is 9.18. The number of hydrogen-bond donors (Lipinski definition) is 4. The summed E-state index contributed by atoms with van der Waals surface area (Å²) in [5, 5.41) is 9.41. The van der Waals surface area contributed by atoms with Crippen molar-refractivity contribution in [2.45, 2.75) is 52.7 Å². The van der Waals surface area contributed by atoms with Crippen LogP contribution < -0.4 is 16.4 Å². The van der Waals surface area contributed by atoms with Crippen molar-refractivity contribution in [1.82, 2.24) is 118 Å². The fraction of sp³-hybridized carbons (Fsp3) is 0.213. The number of pyridine rings is 4. The lowest BCUT2D eigenvalue weighted by molar-refractivity contribution is 0.122. The molecular formula is C61H58Cl5N27O2. The van der Waals surface area contributed by atoms with Gasteiger partial charge in [0.25, 0.3) is 0 Å². The van der Waals surface area contributed by atoms with Crippen LogP contribution in [0, 0.1) is 0 Å². The number of aryl methyl sites for hydroxylation is 6. The quantitative estimate of drug-likeness (QED) is 0.0582. The van der Waals surface area contributed by atoms with Gasteiger partial charge in [-0.3, -0.25) is 19.9 Å². The summed E-state index contributed by atoms with van der Waals surface area (Å²) in [6.45, 7) is 5.06. The molecule has 14 aromatic rings. The molecule has 1 saturated heterocycles. The molecule has 0 spiro atoms. The fourth-order valence-corrected chi connectivity index (χ4v) is 10.2. The smallest absolute Gasteiger partial charge is 0.228 e. The van der Waals surface area contributed by atoms with Crippen molar-refractivity contribution in [3.63, 3.8) is 0 Å². The number of rotatable bonds is 14. The van der Waals surface area contributed by atoms with Crippen LogP contribution in [0.4, 0.5) is 17.8 Å². The van der Waals surface area contributed by atoms with Crippen LogP contribution in [-0.2, 0) is 50.1 Å². The van der Waals surface area contributed by atoms with E-state index in [0.29, 0.717) is 101 Å². The fourth-order valence-electron chi connectivity index (χ4n) is 9.23. The molecule has 15 heterocycles. The standard InChI is InChI=1S/C20H21N9O.C16H13ClN8.C12H9Cl2N5.C7H9NO.C5H2Cl2N4.CH4/c21-19-23-11-14(12-24-19)16-17-18(27-20(26-16)28-7-9-30-10-8-28)29(13-25-17)6-4-15-3-1-2-5-22-15;17-15-23-12(10-7-20-16(18)21-8-10)13-14(24-15)25(9-22-13)6-4-11-3-1-2-5-19-11;13-10-9-11(18-12(14)17-10)19(7-16-9)6-4-8-3-1-2-5-15-8;9-6-4-7-3-1-2-5-8-7;6-3-2-4(9-1-8-2)11-5(7)10-3;/h1-3,5,11-13H,4,6-10H2,(H2,21,23,24);1-3,5,7-9H,4,6H2,(H2,18,20,21);1-3,5,7H,4,6H2;1-3,5,9H,4,6H2;1H,(H,8,9,10,11);1H4. The highest BCUT2D eigenvalue weighted by atomic mass is 35.5. The Morgan fingerprint density at radius 3 is 1.35 bits per heavy atom. The van der Waals surface area contributed by atoms with E-state index in [1.807, 2.05) is 86.5 Å². The molecular weight excluding hydrogens is 1320 g/mol. The third-order valence-electron chi connectivity index (χ3n) is 13.8. The van der Waals surface area contributed by atoms with E-state index < -0.39 is 0 Å². The third-order valence-corrected chi connectivity index (χ3v) is 14.8. The first-order valence-corrected chi connectivity index (χ1v) is 30.7. The number of ether oxygens (including phenoxy) is 1. The van der Waals surface area contributed by atoms with Gasteiger partial charge in [-0.2, -0.15) is 19.9 Å². The summed E-state index contributed by atoms with van der Waals surface area (Å²) in [5.41, 5.74) is 22.9. The maximum atomic E-state index is 8.48. The number of aliphatic hydroxyl groups is 1. The number of morpholine rings is 1. The highest BCUT2D eigenvalue weighted by molar-refractivity contribution is 6.35. The number of aliphatic hydroxyl groups excluding tert-OH is 1. The molecule has 0 saturated carbocycles. The zero-order chi connectivity index (χ0) is 65.2. The Bertz CT molecular complexity index is 4730. The molecule has 0 bridgehead atoms. The van der Waals surface area contributed by atoms with Gasteiger partial charge in [-0.25, -0.2) is 59.8 Å². The van der Waals surface area contributed by atoms with E-state index in [2.05, 4.69) is 99.6 Å². The van der Waals surface area contributed by atoms with E-state index >= 15 is 0 Å². The molecule has 484 valence electrons. The predicted molar refractivity (Wildman–Crippen MR) is 362 cm³/mol. The summed E-state index contributed by atoms with van der Waals surface area (Å²) in [6.07, 6.45) is 23.3. The van der Waals surface area contributed by atoms with Crippen molar-refractivity contribution in [2.24, 2.45) is 0 Å². The van der Waals surface area contributed by atoms with Gasteiger partial charge < -0.3 is 44.9 Å². The average Bonchev–Trinajstić information content (AvgIpc) is 1.74. The largest absolute Gasteiger partial charge is 0.396 e. The van der Waals surface area contributed by atoms with E-state index in [1.54, 1.807) is 68.6 Å². The third kappa shape index (κ3) is 17.9. The van der Waals surface area contributed by atoms with Gasteiger partial charge in [-0.15, -0.1) is 0 Å². The van der Waals surface area contributed by atoms with Crippen molar-refractivity contribution in [1.29, 1.82) is 0 Å². The van der Waals surface area contributed by atoms with Crippen LogP contribution in [0.1, 0.15) is 30.2 Å². The van der Waals surface area contributed by atoms with Crippen LogP contribution in [0.25, 0.3) is 67.2 Å². The molecule has 95 heavy (non-hydrogen) atoms. The molecule has 14 aromatic heterocycles. The first-order chi connectivity index (χ1) is 45.9. The Balaban J connectivity index is 0.000000137. The van der Waals surface area contributed by atoms with Gasteiger partial charge in [-0.1, -0.05) is 54.9 Å². The van der Waals surface area contributed by atoms with Gasteiger partial charge in [0, 0.05) is 148 Å². The zero-order valence-electron chi connectivity index (χ0n) is 49.5. The first kappa shape index (κ1) is 67.6. The van der Waals surface area contributed by atoms with Crippen LogP contribution >= 0.6 is 58.0 Å². The molecule has 0 amide bonds. The number of nitrogens with two attached hydrogens (primary N) is 2. The van der Waals surface area contributed by atoms with Gasteiger partial charge >= 0.3 is 0 Å². The van der Waals surface area contributed by atoms with Crippen molar-refractivity contribution >= 4 is 121 Å². The number of nitrogens with one attached hydrogen (secondary N) is 1. The Hall–Kier alpha value is -10.3. The normalized spacial score (nSPS) is 11.8. The lowest BCUT2D eigenvalue weighted by Gasteiger charge is -2.27. The molecule has 29 nitrogen and oxygen atoms in total. The molecule has 1 aliphatic rings. The Morgan fingerprint density at radius 1 is 0.453 bits per heavy atom. The van der Waals surface area contributed by atoms with Crippen LogP contribution in [-0.4, -0.2) is 156 Å². The summed E-state index contributed by atoms with van der Waals surface area (Å²) < 4.78 is 11.3. The monoisotopic (exact) mass is 1380 g/mol. The Kier molecular flexibility index (Phi) is 23.5. The molecule has 15 rings (SSSR count). The summed E-state index contributed by atoms with van der Waals surface area (Å²) in [7, 11) is 0. The molecule has 1 fully saturated rings. The molecule has 0 aromatic carbocycles. The van der Waals surface area contributed by atoms with Crippen molar-refractivity contribution in [2.75, 3.05) is 49.3 Å². The topological polar surface area (TPSA) is 373 Å². The van der Waals surface area contributed by atoms with E-state index in [1.165, 1.54) is 6.33 Å². The first-order valence-electron chi connectivity index (χ1n) is 28.8. The van der Waals surface area contributed by atoms with Crippen LogP contribution in [0.2, 0.25) is 26.2 Å². The molecule has 0 unspecified atom stereocenters. The van der Waals surface area contributed by atoms with Crippen molar-refractivity contribution in [3.05, 3.63) is 197 Å². The van der Waals surface area contributed by atoms with Crippen LogP contribution in [0.15, 0.2) is 148 Å². The van der Waals surface area contributed by atoms with Crippen LogP contribution in [0.5, 0.6) is 0 Å². The van der Waals surface area contributed by atoms with Crippen molar-refractivity contribution in [3.8, 4) is 22.5 Å². The average molecular weight is 1380 g/mol. The van der Waals surface area contributed by atoms with Gasteiger partial charge in [0.15, 0.2) is 32.9 Å². The number of nitrogens with zero attached hydrogens (tertiary/aromatic N) is 24. The zero-order valence-corrected chi connectivity index (χ0v) is 53.3. The van der Waals surface area contributed by atoms with Crippen molar-refractivity contribution < 1.29 is 9.84 Å².